The van der Waals surface area contributed by atoms with Crippen molar-refractivity contribution in [3.63, 3.8) is 0 Å². The van der Waals surface area contributed by atoms with Gasteiger partial charge in [0, 0.05) is 60.0 Å². The summed E-state index contributed by atoms with van der Waals surface area (Å²) in [7, 11) is 0. The number of rotatable bonds is 9. The van der Waals surface area contributed by atoms with Crippen LogP contribution >= 0.6 is 0 Å². The summed E-state index contributed by atoms with van der Waals surface area (Å²) in [6, 6.07) is 111. The lowest BCUT2D eigenvalue weighted by atomic mass is 9.94. The molecule has 0 saturated heterocycles. The van der Waals surface area contributed by atoms with Crippen molar-refractivity contribution in [1.29, 1.82) is 0 Å². The minimum Gasteiger partial charge on any atom is -0.309 e. The Kier molecular flexibility index (Phi) is 11.2. The molecule has 0 fully saturated rings. The molecule has 0 N–H and O–H groups in total. The lowest BCUT2D eigenvalue weighted by Gasteiger charge is -2.16. The van der Waals surface area contributed by atoms with Gasteiger partial charge in [0.2, 0.25) is 11.9 Å². The maximum Gasteiger partial charge on any atom is 0.240 e. The Morgan fingerprint density at radius 1 is 0.182 bits per heavy atom. The van der Waals surface area contributed by atoms with Gasteiger partial charge in [-0.15, -0.1) is 0 Å². The van der Waals surface area contributed by atoms with Gasteiger partial charge in [-0.2, -0.15) is 15.0 Å². The molecule has 18 rings (SSSR count). The second-order valence-electron chi connectivity index (χ2n) is 22.8. The summed E-state index contributed by atoms with van der Waals surface area (Å²) >= 11 is 0. The van der Waals surface area contributed by atoms with Gasteiger partial charge in [-0.3, -0.25) is 9.13 Å². The molecule has 0 spiro atoms. The molecule has 0 saturated carbocycles. The van der Waals surface area contributed by atoms with Crippen molar-refractivity contribution < 1.29 is 0 Å². The summed E-state index contributed by atoms with van der Waals surface area (Å²) < 4.78 is 9.20. The van der Waals surface area contributed by atoms with Gasteiger partial charge in [-0.05, 0) is 154 Å². The molecule has 0 radical (unpaired) electrons. The van der Waals surface area contributed by atoms with E-state index in [0.29, 0.717) is 17.7 Å². The first-order chi connectivity index (χ1) is 43.6. The number of hydrogen-bond acceptors (Lipinski definition) is 3. The van der Waals surface area contributed by atoms with Crippen LogP contribution in [0, 0.1) is 0 Å². The molecule has 0 bridgehead atoms. The van der Waals surface area contributed by atoms with Crippen molar-refractivity contribution in [2.24, 2.45) is 0 Å². The lowest BCUT2D eigenvalue weighted by Crippen LogP contribution is -2.10. The van der Waals surface area contributed by atoms with E-state index in [2.05, 4.69) is 328 Å². The average Bonchev–Trinajstić information content (AvgIpc) is 1.89. The van der Waals surface area contributed by atoms with Crippen LogP contribution in [0.3, 0.4) is 0 Å². The lowest BCUT2D eigenvalue weighted by molar-refractivity contribution is 0.893. The van der Waals surface area contributed by atoms with Crippen LogP contribution in [0.15, 0.2) is 309 Å². The van der Waals surface area contributed by atoms with E-state index in [-0.39, 0.29) is 0 Å². The van der Waals surface area contributed by atoms with E-state index in [1.165, 1.54) is 43.6 Å². The first-order valence-corrected chi connectivity index (χ1v) is 29.9. The van der Waals surface area contributed by atoms with E-state index in [9.17, 15) is 0 Å². The van der Waals surface area contributed by atoms with Crippen LogP contribution in [-0.2, 0) is 0 Å². The molecule has 7 heteroatoms. The summed E-state index contributed by atoms with van der Waals surface area (Å²) in [4.78, 5) is 16.9. The van der Waals surface area contributed by atoms with Gasteiger partial charge in [-0.1, -0.05) is 200 Å². The minimum atomic E-state index is 0.519. The van der Waals surface area contributed by atoms with Crippen molar-refractivity contribution >= 4 is 87.2 Å². The Labute approximate surface area is 506 Å². The summed E-state index contributed by atoms with van der Waals surface area (Å²) in [6.45, 7) is 0. The number of para-hydroxylation sites is 6. The maximum absolute atomic E-state index is 5.65. The van der Waals surface area contributed by atoms with E-state index >= 15 is 0 Å². The highest BCUT2D eigenvalue weighted by Crippen LogP contribution is 2.43. The van der Waals surface area contributed by atoms with Crippen LogP contribution in [0.25, 0.3) is 166 Å². The third-order valence-corrected chi connectivity index (χ3v) is 17.8. The Balaban J connectivity index is 0.842. The average molecular weight is 1120 g/mol. The molecule has 88 heavy (non-hydrogen) atoms. The van der Waals surface area contributed by atoms with Crippen molar-refractivity contribution in [2.45, 2.75) is 0 Å². The second-order valence-corrected chi connectivity index (χ2v) is 22.8. The Bertz CT molecular complexity index is 5500. The fraction of sp³-hybridized carbons (Fsp3) is 0. The van der Waals surface area contributed by atoms with Crippen LogP contribution in [0.2, 0.25) is 0 Å². The highest BCUT2D eigenvalue weighted by Gasteiger charge is 2.24. The topological polar surface area (TPSA) is 58.4 Å². The number of hydrogen-bond donors (Lipinski definition) is 0. The van der Waals surface area contributed by atoms with Crippen molar-refractivity contribution in [3.8, 4) is 79.2 Å². The molecule has 0 unspecified atom stereocenters. The Morgan fingerprint density at radius 3 is 0.875 bits per heavy atom. The molecule has 410 valence electrons. The number of nitrogens with zero attached hydrogens (tertiary/aromatic N) is 7. The minimum absolute atomic E-state index is 0.519. The normalized spacial score (nSPS) is 11.9. The largest absolute Gasteiger partial charge is 0.309 e. The predicted molar refractivity (Wildman–Crippen MR) is 364 cm³/mol. The molecule has 5 heterocycles. The predicted octanol–water partition coefficient (Wildman–Crippen LogP) is 20.6. The zero-order chi connectivity index (χ0) is 57.8. The zero-order valence-corrected chi connectivity index (χ0v) is 47.6. The fourth-order valence-corrected chi connectivity index (χ4v) is 13.8. The number of aromatic nitrogens is 7. The van der Waals surface area contributed by atoms with E-state index < -0.39 is 0 Å². The van der Waals surface area contributed by atoms with E-state index in [4.69, 9.17) is 15.0 Å². The van der Waals surface area contributed by atoms with Crippen LogP contribution in [0.1, 0.15) is 0 Å². The molecule has 18 aromatic rings. The van der Waals surface area contributed by atoms with Gasteiger partial charge < -0.3 is 9.13 Å². The summed E-state index contributed by atoms with van der Waals surface area (Å²) in [6.07, 6.45) is 0. The Morgan fingerprint density at radius 2 is 0.477 bits per heavy atom. The monoisotopic (exact) mass is 1120 g/mol. The smallest absolute Gasteiger partial charge is 0.240 e. The maximum atomic E-state index is 5.65. The van der Waals surface area contributed by atoms with E-state index in [1.54, 1.807) is 0 Å². The SMILES string of the molecule is c1ccc(-c2ccc(-c3nc(-n4c5ccccc5c5cc(-c6ccc7c(c6)c6ccccc6n7-c6ccccc6)ccc54)nc(-n4c5ccccc5c5cc(-c6ccc7c(c6)c6ccccc6n7-c6ccccc6)ccc54)n3)c(-c3ccccc3)c2)cc1. The van der Waals surface area contributed by atoms with Gasteiger partial charge in [0.15, 0.2) is 5.82 Å². The van der Waals surface area contributed by atoms with Crippen LogP contribution in [0.4, 0.5) is 0 Å². The molecule has 0 aliphatic rings. The summed E-state index contributed by atoms with van der Waals surface area (Å²) in [5, 5.41) is 9.28. The first kappa shape index (κ1) is 49.5. The highest BCUT2D eigenvalue weighted by atomic mass is 15.3. The molecule has 13 aromatic carbocycles. The molecule has 0 atom stereocenters. The summed E-state index contributed by atoms with van der Waals surface area (Å²) in [5.74, 6) is 1.60. The van der Waals surface area contributed by atoms with Gasteiger partial charge >= 0.3 is 0 Å². The molecule has 0 amide bonds. The van der Waals surface area contributed by atoms with Crippen LogP contribution < -0.4 is 0 Å². The zero-order valence-electron chi connectivity index (χ0n) is 47.6. The van der Waals surface area contributed by atoms with Crippen LogP contribution in [0.5, 0.6) is 0 Å². The molecular formula is C81H51N7. The molecule has 5 aromatic heterocycles. The van der Waals surface area contributed by atoms with Gasteiger partial charge in [-0.25, -0.2) is 0 Å². The van der Waals surface area contributed by atoms with Gasteiger partial charge in [0.05, 0.1) is 44.1 Å². The standard InChI is InChI=1S/C81H51N7/c1-5-21-52(22-6-1)54-37-42-65(66(47-54)53-23-7-2-8-24-53)79-82-80(87-73-35-19-15-31-63(73)69-50-57(40-45-77(69)87)55-38-43-75-67(48-55)61-29-13-17-33-71(61)85(75)59-25-9-3-10-26-59)84-81(83-79)88-74-36-20-16-32-64(74)70-51-58(41-46-78(70)88)56-39-44-76-68(49-56)62-30-14-18-34-72(62)86(76)60-27-11-4-12-28-60/h1-51H. The molecule has 0 aliphatic carbocycles. The third-order valence-electron chi connectivity index (χ3n) is 17.8. The third kappa shape index (κ3) is 7.81. The van der Waals surface area contributed by atoms with Gasteiger partial charge in [0.1, 0.15) is 0 Å². The molecule has 7 nitrogen and oxygen atoms in total. The second kappa shape index (κ2) is 19.8. The quantitative estimate of drug-likeness (QED) is 0.145. The van der Waals surface area contributed by atoms with Crippen molar-refractivity contribution in [2.75, 3.05) is 0 Å². The molecular weight excluding hydrogens is 1070 g/mol. The van der Waals surface area contributed by atoms with Crippen molar-refractivity contribution in [3.05, 3.63) is 309 Å². The van der Waals surface area contributed by atoms with Crippen molar-refractivity contribution in [1.82, 2.24) is 33.2 Å². The number of fused-ring (bicyclic) bond motifs is 12. The number of benzene rings is 13. The summed E-state index contributed by atoms with van der Waals surface area (Å²) in [5.41, 5.74) is 20.7. The van der Waals surface area contributed by atoms with E-state index in [0.717, 1.165) is 105 Å². The Hall–Kier alpha value is -11.9. The fourth-order valence-electron chi connectivity index (χ4n) is 13.8. The van der Waals surface area contributed by atoms with Crippen LogP contribution in [-0.4, -0.2) is 33.2 Å². The highest BCUT2D eigenvalue weighted by molar-refractivity contribution is 6.15. The van der Waals surface area contributed by atoms with Gasteiger partial charge in [0.25, 0.3) is 0 Å². The van der Waals surface area contributed by atoms with E-state index in [1.807, 2.05) is 0 Å². The molecule has 0 aliphatic heterocycles. The first-order valence-electron chi connectivity index (χ1n) is 29.9.